The monoisotopic (exact) mass is 801 g/mol. The van der Waals surface area contributed by atoms with Crippen molar-refractivity contribution in [3.63, 3.8) is 0 Å². The van der Waals surface area contributed by atoms with Crippen LogP contribution in [0.25, 0.3) is 0 Å². The lowest BCUT2D eigenvalue weighted by atomic mass is 9.73. The summed E-state index contributed by atoms with van der Waals surface area (Å²) in [5.74, 6) is 2.35. The van der Waals surface area contributed by atoms with Gasteiger partial charge in [-0.2, -0.15) is 0 Å². The van der Waals surface area contributed by atoms with Gasteiger partial charge in [-0.3, -0.25) is 9.59 Å². The van der Waals surface area contributed by atoms with Gasteiger partial charge in [0.05, 0.1) is 0 Å². The Kier molecular flexibility index (Phi) is 41.0. The van der Waals surface area contributed by atoms with E-state index in [1.54, 1.807) is 0 Å². The molecule has 0 aliphatic carbocycles. The van der Waals surface area contributed by atoms with Gasteiger partial charge < -0.3 is 4.79 Å². The molecule has 0 radical (unpaired) electrons. The summed E-state index contributed by atoms with van der Waals surface area (Å²) in [6, 6.07) is 0. The van der Waals surface area contributed by atoms with Crippen molar-refractivity contribution in [3.8, 4) is 0 Å². The minimum atomic E-state index is -1.39. The maximum absolute atomic E-state index is 13.7. The molecule has 0 heterocycles. The number of unbranched alkanes of at least 4 members (excludes halogenated alkanes) is 32. The zero-order chi connectivity index (χ0) is 42.1. The smallest absolute Gasteiger partial charge is 0.153 e. The highest BCUT2D eigenvalue weighted by Gasteiger charge is 2.43. The minimum Gasteiger partial charge on any atom is -0.302 e. The molecule has 0 atom stereocenters. The maximum Gasteiger partial charge on any atom is 0.153 e. The third-order valence-electron chi connectivity index (χ3n) is 12.9. The molecule has 0 rings (SSSR count). The Morgan fingerprint density at radius 1 is 0.316 bits per heavy atom. The van der Waals surface area contributed by atoms with Gasteiger partial charge in [0, 0.05) is 12.8 Å². The fourth-order valence-electron chi connectivity index (χ4n) is 8.83. The predicted octanol–water partition coefficient (Wildman–Crippen LogP) is 18.3. The SMILES string of the molecule is CC(C)CCCCCCCCCCCCCCC(=O)C(C=O)(CCCCCCCCCCCCCC(C)C)C(=O)CCCCCCCCCCCCCCC(C)C. The van der Waals surface area contributed by atoms with Crippen molar-refractivity contribution in [2.45, 2.75) is 305 Å². The first-order valence-electron chi connectivity index (χ1n) is 26.2. The number of ketones is 2. The molecule has 0 N–H and O–H groups in total. The lowest BCUT2D eigenvalue weighted by Crippen LogP contribution is -2.41. The van der Waals surface area contributed by atoms with E-state index in [2.05, 4.69) is 41.5 Å². The average Bonchev–Trinajstić information content (AvgIpc) is 3.17. The highest BCUT2D eigenvalue weighted by Crippen LogP contribution is 2.31. The summed E-state index contributed by atoms with van der Waals surface area (Å²) in [5, 5.41) is 0. The number of aldehydes is 1. The molecule has 0 aromatic heterocycles. The number of hydrogen-bond acceptors (Lipinski definition) is 3. The molecule has 338 valence electrons. The van der Waals surface area contributed by atoms with Crippen LogP contribution in [0, 0.1) is 23.2 Å². The molecule has 3 heteroatoms. The van der Waals surface area contributed by atoms with Crippen molar-refractivity contribution < 1.29 is 14.4 Å². The van der Waals surface area contributed by atoms with Crippen LogP contribution in [0.15, 0.2) is 0 Å². The summed E-state index contributed by atoms with van der Waals surface area (Å²) in [6.45, 7) is 13.9. The van der Waals surface area contributed by atoms with Gasteiger partial charge in [0.25, 0.3) is 0 Å². The quantitative estimate of drug-likeness (QED) is 0.0350. The van der Waals surface area contributed by atoms with Crippen molar-refractivity contribution in [2.75, 3.05) is 0 Å². The van der Waals surface area contributed by atoms with Crippen molar-refractivity contribution in [3.05, 3.63) is 0 Å². The van der Waals surface area contributed by atoms with Gasteiger partial charge in [0.15, 0.2) is 11.6 Å². The van der Waals surface area contributed by atoms with E-state index in [0.29, 0.717) is 19.3 Å². The van der Waals surface area contributed by atoms with Crippen molar-refractivity contribution in [1.29, 1.82) is 0 Å². The van der Waals surface area contributed by atoms with Gasteiger partial charge in [-0.15, -0.1) is 0 Å². The summed E-state index contributed by atoms with van der Waals surface area (Å²) >= 11 is 0. The average molecular weight is 801 g/mol. The Bertz CT molecular complexity index is 824. The van der Waals surface area contributed by atoms with Gasteiger partial charge in [-0.25, -0.2) is 0 Å². The number of Topliss-reactive ketones (excluding diaryl/α,β-unsaturated/α-hetero) is 2. The Balaban J connectivity index is 4.51. The molecule has 57 heavy (non-hydrogen) atoms. The largest absolute Gasteiger partial charge is 0.302 e. The van der Waals surface area contributed by atoms with Crippen LogP contribution >= 0.6 is 0 Å². The molecule has 0 aliphatic heterocycles. The molecule has 0 saturated carbocycles. The molecule has 0 saturated heterocycles. The van der Waals surface area contributed by atoms with Gasteiger partial charge in [0.2, 0.25) is 0 Å². The molecule has 0 aromatic rings. The van der Waals surface area contributed by atoms with Crippen LogP contribution in [0.3, 0.4) is 0 Å². The highest BCUT2D eigenvalue weighted by molar-refractivity contribution is 6.18. The fourth-order valence-corrected chi connectivity index (χ4v) is 8.83. The Hall–Kier alpha value is -0.990. The second kappa shape index (κ2) is 41.7. The fraction of sp³-hybridized carbons (Fsp3) is 0.944. The molecule has 3 nitrogen and oxygen atoms in total. The molecule has 0 aliphatic rings. The van der Waals surface area contributed by atoms with E-state index in [9.17, 15) is 14.4 Å². The van der Waals surface area contributed by atoms with Gasteiger partial charge >= 0.3 is 0 Å². The van der Waals surface area contributed by atoms with Crippen LogP contribution in [0.4, 0.5) is 0 Å². The summed E-state index contributed by atoms with van der Waals surface area (Å²) < 4.78 is 0. The standard InChI is InChI=1S/C54H104O3/c1-49(2)42-36-30-24-18-12-7-9-15-21-27-33-39-45-52(56)54(48-55,47-41-35-29-23-17-11-14-20-26-32-38-44-51(5)6)53(57)46-40-34-28-22-16-10-8-13-19-25-31-37-43-50(3)4/h48-51H,7-47H2,1-6H3. The molecule has 0 amide bonds. The number of hydrogen-bond donors (Lipinski definition) is 0. The molecule has 0 aromatic carbocycles. The number of carbonyl (C=O) groups excluding carboxylic acids is 3. The summed E-state index contributed by atoms with van der Waals surface area (Å²) in [7, 11) is 0. The minimum absolute atomic E-state index is 0.0794. The topological polar surface area (TPSA) is 51.2 Å². The van der Waals surface area contributed by atoms with E-state index in [1.807, 2.05) is 0 Å². The molecule has 0 spiro atoms. The summed E-state index contributed by atoms with van der Waals surface area (Å²) in [4.78, 5) is 40.2. The summed E-state index contributed by atoms with van der Waals surface area (Å²) in [5.41, 5.74) is -1.39. The van der Waals surface area contributed by atoms with E-state index in [1.165, 1.54) is 186 Å². The second-order valence-electron chi connectivity index (χ2n) is 20.1. The Morgan fingerprint density at radius 3 is 0.719 bits per heavy atom. The Labute approximate surface area is 359 Å². The van der Waals surface area contributed by atoms with Crippen LogP contribution in [-0.2, 0) is 14.4 Å². The van der Waals surface area contributed by atoms with Crippen LogP contribution in [0.5, 0.6) is 0 Å². The predicted molar refractivity (Wildman–Crippen MR) is 252 cm³/mol. The van der Waals surface area contributed by atoms with Crippen molar-refractivity contribution in [2.24, 2.45) is 23.2 Å². The zero-order valence-corrected chi connectivity index (χ0v) is 40.0. The van der Waals surface area contributed by atoms with Crippen LogP contribution < -0.4 is 0 Å². The van der Waals surface area contributed by atoms with E-state index in [-0.39, 0.29) is 11.6 Å². The van der Waals surface area contributed by atoms with E-state index in [0.717, 1.165) is 81.8 Å². The number of carbonyl (C=O) groups is 3. The van der Waals surface area contributed by atoms with E-state index in [4.69, 9.17) is 0 Å². The van der Waals surface area contributed by atoms with Crippen LogP contribution in [0.1, 0.15) is 305 Å². The molecule has 0 bridgehead atoms. The molecule has 0 unspecified atom stereocenters. The highest BCUT2D eigenvalue weighted by atomic mass is 16.2. The first-order chi connectivity index (χ1) is 27.7. The van der Waals surface area contributed by atoms with Gasteiger partial charge in [-0.05, 0) is 37.0 Å². The van der Waals surface area contributed by atoms with Gasteiger partial charge in [0.1, 0.15) is 11.7 Å². The molecular formula is C54H104O3. The first-order valence-corrected chi connectivity index (χ1v) is 26.2. The Morgan fingerprint density at radius 2 is 0.509 bits per heavy atom. The van der Waals surface area contributed by atoms with E-state index >= 15 is 0 Å². The first kappa shape index (κ1) is 56.0. The number of rotatable bonds is 47. The van der Waals surface area contributed by atoms with E-state index < -0.39 is 5.41 Å². The molecule has 0 fully saturated rings. The zero-order valence-electron chi connectivity index (χ0n) is 40.0. The summed E-state index contributed by atoms with van der Waals surface area (Å²) in [6.07, 6.45) is 50.0. The second-order valence-corrected chi connectivity index (χ2v) is 20.1. The third-order valence-corrected chi connectivity index (χ3v) is 12.9. The van der Waals surface area contributed by atoms with Crippen LogP contribution in [-0.4, -0.2) is 17.9 Å². The lowest BCUT2D eigenvalue weighted by Gasteiger charge is -2.25. The van der Waals surface area contributed by atoms with Gasteiger partial charge in [-0.1, -0.05) is 273 Å². The molecular weight excluding hydrogens is 697 g/mol. The lowest BCUT2D eigenvalue weighted by molar-refractivity contribution is -0.145. The third kappa shape index (κ3) is 36.6. The van der Waals surface area contributed by atoms with Crippen molar-refractivity contribution in [1.82, 2.24) is 0 Å². The van der Waals surface area contributed by atoms with Crippen LogP contribution in [0.2, 0.25) is 0 Å². The maximum atomic E-state index is 13.7. The van der Waals surface area contributed by atoms with Crippen molar-refractivity contribution >= 4 is 17.9 Å². The normalized spacial score (nSPS) is 12.1.